The molecule has 0 aliphatic rings. The number of nitrogens with zero attached hydrogens (tertiary/aromatic N) is 5. The lowest BCUT2D eigenvalue weighted by molar-refractivity contribution is 0.0828. The van der Waals surface area contributed by atoms with Gasteiger partial charge < -0.3 is 14.5 Å². The molecule has 2 rings (SSSR count). The van der Waals surface area contributed by atoms with E-state index in [2.05, 4.69) is 15.0 Å². The van der Waals surface area contributed by atoms with E-state index < -0.39 is 0 Å². The molecule has 0 atom stereocenters. The molecule has 2 aromatic rings. The van der Waals surface area contributed by atoms with E-state index in [0.717, 1.165) is 5.39 Å². The van der Waals surface area contributed by atoms with Gasteiger partial charge in [-0.05, 0) is 19.9 Å². The molecule has 23 heavy (non-hydrogen) atoms. The molecule has 1 amide bonds. The van der Waals surface area contributed by atoms with Crippen LogP contribution in [0.15, 0.2) is 12.3 Å². The van der Waals surface area contributed by atoms with Crippen LogP contribution in [0.4, 0.5) is 5.82 Å². The molecule has 0 aliphatic carbocycles. The number of likely N-dealkylation sites (N-methyl/N-ethyl adjacent to an activating group) is 1. The van der Waals surface area contributed by atoms with Crippen molar-refractivity contribution in [2.24, 2.45) is 0 Å². The first-order valence-corrected chi connectivity index (χ1v) is 7.59. The number of amides is 1. The summed E-state index contributed by atoms with van der Waals surface area (Å²) in [4.78, 5) is 29.1. The van der Waals surface area contributed by atoms with E-state index >= 15 is 0 Å². The van der Waals surface area contributed by atoms with Crippen molar-refractivity contribution >= 4 is 22.8 Å². The highest BCUT2D eigenvalue weighted by molar-refractivity contribution is 6.01. The summed E-state index contributed by atoms with van der Waals surface area (Å²) < 4.78 is 5.39. The molecule has 0 fully saturated rings. The lowest BCUT2D eigenvalue weighted by atomic mass is 10.1. The van der Waals surface area contributed by atoms with Crippen LogP contribution in [0.1, 0.15) is 23.1 Å². The number of fused-ring (bicyclic) bond motifs is 1. The number of carbonyl (C=O) groups excluding carboxylic acids is 1. The van der Waals surface area contributed by atoms with Crippen LogP contribution in [0, 0.1) is 6.92 Å². The summed E-state index contributed by atoms with van der Waals surface area (Å²) in [6.45, 7) is 5.65. The molecule has 0 radical (unpaired) electrons. The van der Waals surface area contributed by atoms with Gasteiger partial charge in [0.25, 0.3) is 5.91 Å². The van der Waals surface area contributed by atoms with Crippen LogP contribution in [0.2, 0.25) is 0 Å². The Morgan fingerprint density at radius 3 is 2.65 bits per heavy atom. The van der Waals surface area contributed by atoms with E-state index in [1.807, 2.05) is 25.8 Å². The van der Waals surface area contributed by atoms with Gasteiger partial charge in [-0.15, -0.1) is 0 Å². The second-order valence-corrected chi connectivity index (χ2v) is 5.51. The SMILES string of the molecule is CCOCCN(C)c1nc2nc(C)ncc2cc1C(=O)N(C)C. The Balaban J connectivity index is 2.48. The van der Waals surface area contributed by atoms with Gasteiger partial charge in [0.1, 0.15) is 11.6 Å². The number of pyridine rings is 1. The highest BCUT2D eigenvalue weighted by atomic mass is 16.5. The fourth-order valence-corrected chi connectivity index (χ4v) is 2.18. The number of aryl methyl sites for hydroxylation is 1. The van der Waals surface area contributed by atoms with Gasteiger partial charge in [-0.1, -0.05) is 0 Å². The molecular formula is C16H23N5O2. The third-order valence-electron chi connectivity index (χ3n) is 3.44. The molecule has 0 bridgehead atoms. The summed E-state index contributed by atoms with van der Waals surface area (Å²) in [5.74, 6) is 1.16. The Morgan fingerprint density at radius 1 is 1.26 bits per heavy atom. The maximum Gasteiger partial charge on any atom is 0.257 e. The van der Waals surface area contributed by atoms with Crippen LogP contribution in [0.5, 0.6) is 0 Å². The van der Waals surface area contributed by atoms with Gasteiger partial charge in [0.2, 0.25) is 0 Å². The number of hydrogen-bond donors (Lipinski definition) is 0. The van der Waals surface area contributed by atoms with Crippen LogP contribution in [-0.2, 0) is 4.74 Å². The molecule has 2 heterocycles. The fraction of sp³-hybridized carbons (Fsp3) is 0.500. The van der Waals surface area contributed by atoms with Gasteiger partial charge in [-0.25, -0.2) is 15.0 Å². The third-order valence-corrected chi connectivity index (χ3v) is 3.44. The zero-order valence-electron chi connectivity index (χ0n) is 14.3. The monoisotopic (exact) mass is 317 g/mol. The van der Waals surface area contributed by atoms with Gasteiger partial charge in [0.05, 0.1) is 12.2 Å². The molecule has 0 aliphatic heterocycles. The van der Waals surface area contributed by atoms with Crippen molar-refractivity contribution in [3.05, 3.63) is 23.7 Å². The van der Waals surface area contributed by atoms with E-state index in [9.17, 15) is 4.79 Å². The van der Waals surface area contributed by atoms with Crippen molar-refractivity contribution in [2.45, 2.75) is 13.8 Å². The predicted octanol–water partition coefficient (Wildman–Crippen LogP) is 1.51. The second kappa shape index (κ2) is 7.32. The summed E-state index contributed by atoms with van der Waals surface area (Å²) in [5.41, 5.74) is 1.13. The first-order chi connectivity index (χ1) is 10.9. The number of aromatic nitrogens is 3. The quantitative estimate of drug-likeness (QED) is 0.752. The Morgan fingerprint density at radius 2 is 2.00 bits per heavy atom. The van der Waals surface area contributed by atoms with Crippen molar-refractivity contribution in [1.29, 1.82) is 0 Å². The lowest BCUT2D eigenvalue weighted by Gasteiger charge is -2.22. The number of rotatable bonds is 6. The molecule has 7 heteroatoms. The standard InChI is InChI=1S/C16H23N5O2/c1-6-23-8-7-21(5)15-13(16(22)20(3)4)9-12-10-17-11(2)18-14(12)19-15/h9-10H,6-8H2,1-5H3. The Hall–Kier alpha value is -2.28. The summed E-state index contributed by atoms with van der Waals surface area (Å²) >= 11 is 0. The molecule has 0 saturated heterocycles. The van der Waals surface area contributed by atoms with Crippen molar-refractivity contribution in [2.75, 3.05) is 45.8 Å². The van der Waals surface area contributed by atoms with Crippen LogP contribution in [0.25, 0.3) is 11.0 Å². The molecule has 7 nitrogen and oxygen atoms in total. The molecule has 124 valence electrons. The summed E-state index contributed by atoms with van der Waals surface area (Å²) in [7, 11) is 5.35. The smallest absolute Gasteiger partial charge is 0.257 e. The first kappa shape index (κ1) is 17.1. The largest absolute Gasteiger partial charge is 0.380 e. The van der Waals surface area contributed by atoms with Gasteiger partial charge in [0.15, 0.2) is 5.65 Å². The maximum atomic E-state index is 12.5. The summed E-state index contributed by atoms with van der Waals surface area (Å²) in [5, 5.41) is 0.753. The predicted molar refractivity (Wildman–Crippen MR) is 89.9 cm³/mol. The highest BCUT2D eigenvalue weighted by Crippen LogP contribution is 2.22. The minimum atomic E-state index is -0.0989. The minimum absolute atomic E-state index is 0.0989. The number of anilines is 1. The topological polar surface area (TPSA) is 71.5 Å². The first-order valence-electron chi connectivity index (χ1n) is 7.59. The van der Waals surface area contributed by atoms with Crippen molar-refractivity contribution in [1.82, 2.24) is 19.9 Å². The molecule has 0 spiro atoms. The Bertz CT molecular complexity index is 702. The van der Waals surface area contributed by atoms with E-state index in [4.69, 9.17) is 4.74 Å². The van der Waals surface area contributed by atoms with E-state index in [0.29, 0.717) is 42.6 Å². The second-order valence-electron chi connectivity index (χ2n) is 5.51. The van der Waals surface area contributed by atoms with Gasteiger partial charge >= 0.3 is 0 Å². The number of carbonyl (C=O) groups is 1. The minimum Gasteiger partial charge on any atom is -0.380 e. The third kappa shape index (κ3) is 3.92. The van der Waals surface area contributed by atoms with E-state index in [1.165, 1.54) is 4.90 Å². The van der Waals surface area contributed by atoms with Gasteiger partial charge in [0, 0.05) is 45.9 Å². The maximum absolute atomic E-state index is 12.5. The van der Waals surface area contributed by atoms with Crippen molar-refractivity contribution < 1.29 is 9.53 Å². The van der Waals surface area contributed by atoms with Crippen molar-refractivity contribution in [3.63, 3.8) is 0 Å². The van der Waals surface area contributed by atoms with E-state index in [1.54, 1.807) is 26.4 Å². The normalized spacial score (nSPS) is 10.8. The van der Waals surface area contributed by atoms with E-state index in [-0.39, 0.29) is 5.91 Å². The van der Waals surface area contributed by atoms with Crippen LogP contribution in [0.3, 0.4) is 0 Å². The average molecular weight is 317 g/mol. The number of hydrogen-bond acceptors (Lipinski definition) is 6. The zero-order chi connectivity index (χ0) is 17.0. The Kier molecular flexibility index (Phi) is 5.44. The molecule has 0 unspecified atom stereocenters. The number of ether oxygens (including phenoxy) is 1. The highest BCUT2D eigenvalue weighted by Gasteiger charge is 2.19. The lowest BCUT2D eigenvalue weighted by Crippen LogP contribution is -2.29. The molecule has 0 aromatic carbocycles. The molecule has 0 N–H and O–H groups in total. The Labute approximate surface area is 136 Å². The molecule has 0 saturated carbocycles. The van der Waals surface area contributed by atoms with Crippen LogP contribution < -0.4 is 4.90 Å². The summed E-state index contributed by atoms with van der Waals surface area (Å²) in [6.07, 6.45) is 1.70. The molecular weight excluding hydrogens is 294 g/mol. The van der Waals surface area contributed by atoms with Crippen LogP contribution >= 0.6 is 0 Å². The molecule has 2 aromatic heterocycles. The van der Waals surface area contributed by atoms with Gasteiger partial charge in [-0.2, -0.15) is 0 Å². The van der Waals surface area contributed by atoms with Crippen LogP contribution in [-0.4, -0.2) is 66.7 Å². The average Bonchev–Trinajstić information content (AvgIpc) is 2.52. The van der Waals surface area contributed by atoms with Gasteiger partial charge in [-0.3, -0.25) is 4.79 Å². The van der Waals surface area contributed by atoms with Crippen molar-refractivity contribution in [3.8, 4) is 0 Å². The fourth-order valence-electron chi connectivity index (χ4n) is 2.18. The summed E-state index contributed by atoms with van der Waals surface area (Å²) in [6, 6.07) is 1.80. The zero-order valence-corrected chi connectivity index (χ0v) is 14.3.